The molecule has 0 N–H and O–H groups in total. The summed E-state index contributed by atoms with van der Waals surface area (Å²) in [6.45, 7) is 0. The summed E-state index contributed by atoms with van der Waals surface area (Å²) in [5, 5.41) is 0. The topological polar surface area (TPSA) is 9.23 Å². The van der Waals surface area contributed by atoms with E-state index in [4.69, 9.17) is 0 Å². The molecule has 0 heterocycles. The van der Waals surface area contributed by atoms with Crippen LogP contribution in [0.2, 0.25) is 0 Å². The Kier molecular flexibility index (Phi) is 5.28. The quantitative estimate of drug-likeness (QED) is 0.323. The molecule has 2 radical (unpaired) electrons. The van der Waals surface area contributed by atoms with Crippen molar-refractivity contribution in [2.75, 3.05) is 5.94 Å². The molecule has 0 aliphatic heterocycles. The van der Waals surface area contributed by atoms with Crippen LogP contribution >= 0.6 is 22.5 Å². The van der Waals surface area contributed by atoms with E-state index in [0.29, 0.717) is 5.94 Å². The van der Waals surface area contributed by atoms with Gasteiger partial charge in [-0.1, -0.05) is 10.8 Å². The minimum Gasteiger partial charge on any atom is -0.361 e. The van der Waals surface area contributed by atoms with Gasteiger partial charge in [0.1, 0.15) is 13.0 Å². The van der Waals surface area contributed by atoms with Crippen molar-refractivity contribution in [3.05, 3.63) is 7.11 Å². The monoisotopic (exact) mass is 108 g/mol. The average molecular weight is 108 g/mol. The zero-order chi connectivity index (χ0) is 4.12. The van der Waals surface area contributed by atoms with E-state index in [1.165, 1.54) is 10.8 Å². The van der Waals surface area contributed by atoms with Gasteiger partial charge in [0.2, 0.25) is 0 Å². The Balaban J connectivity index is 2.19. The van der Waals surface area contributed by atoms with Crippen molar-refractivity contribution in [2.24, 2.45) is 0 Å². The van der Waals surface area contributed by atoms with E-state index in [2.05, 4.69) is 23.5 Å². The maximum absolute atomic E-state index is 4.57. The molecule has 0 fully saturated rings. The fourth-order valence-electron chi connectivity index (χ4n) is 0.0304. The molecule has 0 bridgehead atoms. The van der Waals surface area contributed by atoms with Gasteiger partial charge in [0.25, 0.3) is 0 Å². The summed E-state index contributed by atoms with van der Waals surface area (Å²) in [5.74, 6) is 0.448. The van der Waals surface area contributed by atoms with E-state index in [0.717, 1.165) is 0 Å². The van der Waals surface area contributed by atoms with Crippen molar-refractivity contribution < 1.29 is 4.74 Å². The highest BCUT2D eigenvalue weighted by Gasteiger charge is 1.67. The summed E-state index contributed by atoms with van der Waals surface area (Å²) in [4.78, 5) is 0. The number of hydrogen-bond donors (Lipinski definition) is 1. The summed E-state index contributed by atoms with van der Waals surface area (Å²) in [5.41, 5.74) is 0. The van der Waals surface area contributed by atoms with Gasteiger partial charge in [-0.3, -0.25) is 0 Å². The summed E-state index contributed by atoms with van der Waals surface area (Å²) in [7, 11) is 5.82. The number of hydrogen-bond acceptors (Lipinski definition) is 3. The van der Waals surface area contributed by atoms with Crippen LogP contribution in [0.4, 0.5) is 0 Å². The van der Waals surface area contributed by atoms with Gasteiger partial charge in [-0.2, -0.15) is 0 Å². The summed E-state index contributed by atoms with van der Waals surface area (Å²) in [6.07, 6.45) is 0. The zero-order valence-electron chi connectivity index (χ0n) is 2.55. The third kappa shape index (κ3) is 4.66. The van der Waals surface area contributed by atoms with Gasteiger partial charge in [-0.05, 0) is 0 Å². The second-order valence-corrected chi connectivity index (χ2v) is 1.68. The van der Waals surface area contributed by atoms with Crippen LogP contribution in [0.3, 0.4) is 0 Å². The average Bonchev–Trinajstić information content (AvgIpc) is 1.41. The first-order valence-electron chi connectivity index (χ1n) is 0.996. The maximum atomic E-state index is 4.57. The van der Waals surface area contributed by atoms with Crippen molar-refractivity contribution in [3.8, 4) is 0 Å². The SMILES string of the molecule is [CH]OCSS. The Labute approximate surface area is 40.9 Å². The minimum absolute atomic E-state index is 0.448. The van der Waals surface area contributed by atoms with E-state index in [9.17, 15) is 0 Å². The van der Waals surface area contributed by atoms with Crippen LogP contribution in [-0.4, -0.2) is 5.94 Å². The molecule has 0 saturated heterocycles. The van der Waals surface area contributed by atoms with Gasteiger partial charge in [-0.15, -0.1) is 11.7 Å². The molecule has 0 unspecified atom stereocenters. The Hall–Kier alpha value is 0.660. The number of ether oxygens (including phenoxy) is 1. The molecule has 1 nitrogen and oxygen atoms in total. The Morgan fingerprint density at radius 3 is 2.60 bits per heavy atom. The molecule has 0 aliphatic rings. The van der Waals surface area contributed by atoms with Crippen molar-refractivity contribution in [3.63, 3.8) is 0 Å². The molecule has 0 aromatic carbocycles. The third-order valence-electron chi connectivity index (χ3n) is 0.121. The van der Waals surface area contributed by atoms with Crippen molar-refractivity contribution in [1.29, 1.82) is 0 Å². The van der Waals surface area contributed by atoms with Gasteiger partial charge >= 0.3 is 0 Å². The molecule has 0 aromatic heterocycles. The van der Waals surface area contributed by atoms with Crippen LogP contribution in [0, 0.1) is 7.11 Å². The molecule has 30 valence electrons. The summed E-state index contributed by atoms with van der Waals surface area (Å²) in [6, 6.07) is 0. The fraction of sp³-hybridized carbons (Fsp3) is 0.500. The van der Waals surface area contributed by atoms with Crippen LogP contribution in [0.5, 0.6) is 0 Å². The molecule has 0 spiro atoms. The van der Waals surface area contributed by atoms with Gasteiger partial charge in [0.05, 0.1) is 0 Å². The zero-order valence-corrected chi connectivity index (χ0v) is 4.26. The molecular formula is C2H4OS2. The first-order valence-corrected chi connectivity index (χ1v) is 3.03. The van der Waals surface area contributed by atoms with E-state index < -0.39 is 0 Å². The lowest BCUT2D eigenvalue weighted by molar-refractivity contribution is 0.310. The molecular weight excluding hydrogens is 104 g/mol. The normalized spacial score (nSPS) is 8.40. The molecule has 0 saturated carbocycles. The molecule has 0 rings (SSSR count). The molecule has 5 heavy (non-hydrogen) atoms. The molecule has 3 heteroatoms. The predicted octanol–water partition coefficient (Wildman–Crippen LogP) is 1.21. The van der Waals surface area contributed by atoms with Crippen LogP contribution < -0.4 is 0 Å². The number of thiol groups is 1. The third-order valence-corrected chi connectivity index (χ3v) is 0.678. The van der Waals surface area contributed by atoms with E-state index in [1.54, 1.807) is 0 Å². The first-order chi connectivity index (χ1) is 2.41. The van der Waals surface area contributed by atoms with Crippen LogP contribution in [-0.2, 0) is 4.74 Å². The van der Waals surface area contributed by atoms with Gasteiger partial charge < -0.3 is 4.74 Å². The highest BCUT2D eigenvalue weighted by atomic mass is 33.1. The molecule has 0 amide bonds. The highest BCUT2D eigenvalue weighted by Crippen LogP contribution is 2.02. The second kappa shape index (κ2) is 4.66. The van der Waals surface area contributed by atoms with Crippen molar-refractivity contribution in [1.82, 2.24) is 0 Å². The first kappa shape index (κ1) is 5.66. The standard InChI is InChI=1S/C2H4OS2/c1-3-2-5-4/h1,4H,2H2. The van der Waals surface area contributed by atoms with E-state index >= 15 is 0 Å². The van der Waals surface area contributed by atoms with E-state index in [-0.39, 0.29) is 0 Å². The Morgan fingerprint density at radius 2 is 2.60 bits per heavy atom. The van der Waals surface area contributed by atoms with Crippen molar-refractivity contribution >= 4 is 22.5 Å². The fourth-order valence-corrected chi connectivity index (χ4v) is 0.274. The lowest BCUT2D eigenvalue weighted by atomic mass is 11.5. The largest absolute Gasteiger partial charge is 0.361 e. The summed E-state index contributed by atoms with van der Waals surface area (Å²) >= 11 is 3.71. The summed E-state index contributed by atoms with van der Waals surface area (Å²) < 4.78 is 4.08. The lowest BCUT2D eigenvalue weighted by Gasteiger charge is -1.82. The minimum atomic E-state index is 0.448. The Bertz CT molecular complexity index is 15.1. The predicted molar refractivity (Wildman–Crippen MR) is 26.8 cm³/mol. The van der Waals surface area contributed by atoms with Crippen LogP contribution in [0.25, 0.3) is 0 Å². The maximum Gasteiger partial charge on any atom is 0.116 e. The lowest BCUT2D eigenvalue weighted by Crippen LogP contribution is -1.68. The number of rotatable bonds is 2. The molecule has 0 aliphatic carbocycles. The van der Waals surface area contributed by atoms with Crippen molar-refractivity contribution in [2.45, 2.75) is 0 Å². The highest BCUT2D eigenvalue weighted by molar-refractivity contribution is 8.68. The van der Waals surface area contributed by atoms with Crippen LogP contribution in [0.15, 0.2) is 0 Å². The molecule has 0 aromatic rings. The molecule has 0 atom stereocenters. The van der Waals surface area contributed by atoms with Crippen LogP contribution in [0.1, 0.15) is 0 Å². The van der Waals surface area contributed by atoms with E-state index in [1.807, 2.05) is 0 Å². The Morgan fingerprint density at radius 1 is 2.00 bits per heavy atom. The van der Waals surface area contributed by atoms with Gasteiger partial charge in [0.15, 0.2) is 0 Å². The van der Waals surface area contributed by atoms with Gasteiger partial charge in [0, 0.05) is 0 Å². The second-order valence-electron chi connectivity index (χ2n) is 0.414. The smallest absolute Gasteiger partial charge is 0.116 e. The van der Waals surface area contributed by atoms with Gasteiger partial charge in [-0.25, -0.2) is 0 Å².